The average molecular weight is 452 g/mol. The molecule has 0 saturated carbocycles. The van der Waals surface area contributed by atoms with Crippen LogP contribution < -0.4 is 10.6 Å². The highest BCUT2D eigenvalue weighted by Crippen LogP contribution is 2.10. The Kier molecular flexibility index (Phi) is 23.3. The third-order valence-electron chi connectivity index (χ3n) is 5.79. The number of amides is 2. The predicted octanol–water partition coefficient (Wildman–Crippen LogP) is 5.99. The molecule has 188 valence electrons. The average Bonchev–Trinajstić information content (AvgIpc) is 2.77. The number of nitrogens with zero attached hydrogens (tertiary/aromatic N) is 1. The van der Waals surface area contributed by atoms with Crippen molar-refractivity contribution in [1.29, 1.82) is 0 Å². The van der Waals surface area contributed by atoms with Gasteiger partial charge in [0.25, 0.3) is 0 Å². The fourth-order valence-corrected chi connectivity index (χ4v) is 3.75. The van der Waals surface area contributed by atoms with Gasteiger partial charge in [-0.25, -0.2) is 0 Å². The third-order valence-corrected chi connectivity index (χ3v) is 5.79. The maximum Gasteiger partial charge on any atom is 0.219 e. The quantitative estimate of drug-likeness (QED) is 0.148. The normalized spacial score (nSPS) is 11.4. The number of carbonyl (C=O) groups excluding carboxylic acids is 2. The van der Waals surface area contributed by atoms with E-state index < -0.39 is 0 Å². The van der Waals surface area contributed by atoms with E-state index in [0.29, 0.717) is 6.42 Å². The summed E-state index contributed by atoms with van der Waals surface area (Å²) in [6.07, 6.45) is 24.0. The smallest absolute Gasteiger partial charge is 0.219 e. The first-order chi connectivity index (χ1) is 15.6. The van der Waals surface area contributed by atoms with E-state index in [1.54, 1.807) is 6.92 Å². The maximum atomic E-state index is 11.9. The first-order valence-corrected chi connectivity index (χ1v) is 13.4. The zero-order chi connectivity index (χ0) is 23.7. The molecule has 32 heavy (non-hydrogen) atoms. The first kappa shape index (κ1) is 30.6. The Morgan fingerprint density at radius 1 is 0.688 bits per heavy atom. The van der Waals surface area contributed by atoms with Crippen LogP contribution in [0.25, 0.3) is 0 Å². The molecule has 0 heterocycles. The van der Waals surface area contributed by atoms with Crippen molar-refractivity contribution < 1.29 is 9.59 Å². The van der Waals surface area contributed by atoms with E-state index in [0.717, 1.165) is 51.9 Å². The van der Waals surface area contributed by atoms with Crippen molar-refractivity contribution in [2.75, 3.05) is 33.2 Å². The lowest BCUT2D eigenvalue weighted by molar-refractivity contribution is -0.121. The summed E-state index contributed by atoms with van der Waals surface area (Å²) >= 11 is 0. The second-order valence-corrected chi connectivity index (χ2v) is 9.18. The second-order valence-electron chi connectivity index (χ2n) is 9.18. The minimum Gasteiger partial charge on any atom is -0.356 e. The number of carbonyl (C=O) groups is 2. The Bertz CT molecular complexity index is 466. The summed E-state index contributed by atoms with van der Waals surface area (Å²) in [6.45, 7) is 7.22. The van der Waals surface area contributed by atoms with E-state index in [1.165, 1.54) is 70.6 Å². The summed E-state index contributed by atoms with van der Waals surface area (Å²) < 4.78 is 0. The van der Waals surface area contributed by atoms with Crippen molar-refractivity contribution in [2.45, 2.75) is 117 Å². The Balaban J connectivity index is 3.32. The van der Waals surface area contributed by atoms with Gasteiger partial charge < -0.3 is 15.5 Å². The highest BCUT2D eigenvalue weighted by atomic mass is 16.2. The van der Waals surface area contributed by atoms with Crippen LogP contribution in [0.3, 0.4) is 0 Å². The van der Waals surface area contributed by atoms with Crippen molar-refractivity contribution in [3.8, 4) is 0 Å². The summed E-state index contributed by atoms with van der Waals surface area (Å²) in [5.41, 5.74) is 0. The van der Waals surface area contributed by atoms with Crippen molar-refractivity contribution >= 4 is 11.8 Å². The molecule has 5 heteroatoms. The van der Waals surface area contributed by atoms with E-state index in [2.05, 4.69) is 41.7 Å². The van der Waals surface area contributed by atoms with Gasteiger partial charge in [0.05, 0.1) is 0 Å². The number of allylic oxidation sites excluding steroid dienone is 2. The zero-order valence-corrected chi connectivity index (χ0v) is 21.6. The van der Waals surface area contributed by atoms with E-state index in [-0.39, 0.29) is 11.8 Å². The standard InChI is InChI=1S/C27H53N3O2/c1-4-5-6-7-8-9-10-11-12-13-14-15-16-17-18-21-27(32)29-23-20-25-30(3)24-19-22-28-26(2)31/h11-12H,4-10,13-25H2,1-3H3,(H,28,31)(H,29,32). The molecule has 0 bridgehead atoms. The van der Waals surface area contributed by atoms with Crippen LogP contribution in [-0.4, -0.2) is 49.9 Å². The lowest BCUT2D eigenvalue weighted by Gasteiger charge is -2.16. The van der Waals surface area contributed by atoms with Gasteiger partial charge in [0.15, 0.2) is 0 Å². The fraction of sp³-hybridized carbons (Fsp3) is 0.852. The molecule has 0 aromatic heterocycles. The monoisotopic (exact) mass is 451 g/mol. The summed E-state index contributed by atoms with van der Waals surface area (Å²) in [5.74, 6) is 0.220. The van der Waals surface area contributed by atoms with Gasteiger partial charge in [-0.3, -0.25) is 9.59 Å². The van der Waals surface area contributed by atoms with Gasteiger partial charge in [-0.05, 0) is 65.1 Å². The predicted molar refractivity (Wildman–Crippen MR) is 138 cm³/mol. The molecular weight excluding hydrogens is 398 g/mol. The number of hydrogen-bond donors (Lipinski definition) is 2. The molecule has 2 amide bonds. The van der Waals surface area contributed by atoms with E-state index in [1.807, 2.05) is 0 Å². The first-order valence-electron chi connectivity index (χ1n) is 13.4. The zero-order valence-electron chi connectivity index (χ0n) is 21.6. The van der Waals surface area contributed by atoms with Crippen LogP contribution in [-0.2, 0) is 9.59 Å². The lowest BCUT2D eigenvalue weighted by atomic mass is 10.1. The Hall–Kier alpha value is -1.36. The minimum atomic E-state index is 0.0293. The van der Waals surface area contributed by atoms with E-state index >= 15 is 0 Å². The van der Waals surface area contributed by atoms with Gasteiger partial charge in [0.2, 0.25) is 11.8 Å². The van der Waals surface area contributed by atoms with Crippen LogP contribution in [0.2, 0.25) is 0 Å². The molecule has 0 aromatic rings. The number of unbranched alkanes of at least 4 members (excludes halogenated alkanes) is 11. The largest absolute Gasteiger partial charge is 0.356 e. The van der Waals surface area contributed by atoms with Gasteiger partial charge in [-0.2, -0.15) is 0 Å². The molecular formula is C27H53N3O2. The van der Waals surface area contributed by atoms with Crippen molar-refractivity contribution in [3.05, 3.63) is 12.2 Å². The Morgan fingerprint density at radius 2 is 1.19 bits per heavy atom. The molecule has 0 aliphatic heterocycles. The summed E-state index contributed by atoms with van der Waals surface area (Å²) in [4.78, 5) is 25.0. The van der Waals surface area contributed by atoms with Gasteiger partial charge in [0, 0.05) is 26.4 Å². The summed E-state index contributed by atoms with van der Waals surface area (Å²) in [5, 5.41) is 5.85. The molecule has 0 saturated heterocycles. The molecule has 0 aliphatic carbocycles. The molecule has 2 N–H and O–H groups in total. The number of hydrogen-bond acceptors (Lipinski definition) is 3. The highest BCUT2D eigenvalue weighted by molar-refractivity contribution is 5.75. The van der Waals surface area contributed by atoms with E-state index in [4.69, 9.17) is 0 Å². The molecule has 0 radical (unpaired) electrons. The number of nitrogens with one attached hydrogen (secondary N) is 2. The fourth-order valence-electron chi connectivity index (χ4n) is 3.75. The summed E-state index contributed by atoms with van der Waals surface area (Å²) in [6, 6.07) is 0. The van der Waals surface area contributed by atoms with Crippen LogP contribution in [0.4, 0.5) is 0 Å². The van der Waals surface area contributed by atoms with Gasteiger partial charge in [0.1, 0.15) is 0 Å². The van der Waals surface area contributed by atoms with Crippen LogP contribution in [0.5, 0.6) is 0 Å². The molecule has 0 unspecified atom stereocenters. The number of rotatable bonds is 23. The molecule has 5 nitrogen and oxygen atoms in total. The highest BCUT2D eigenvalue weighted by Gasteiger charge is 2.02. The molecule has 0 rings (SSSR count). The van der Waals surface area contributed by atoms with Crippen molar-refractivity contribution in [3.63, 3.8) is 0 Å². The van der Waals surface area contributed by atoms with Crippen molar-refractivity contribution in [1.82, 2.24) is 15.5 Å². The summed E-state index contributed by atoms with van der Waals surface area (Å²) in [7, 11) is 2.08. The van der Waals surface area contributed by atoms with E-state index in [9.17, 15) is 9.59 Å². The Labute approximate surface area is 199 Å². The van der Waals surface area contributed by atoms with Crippen LogP contribution in [0.1, 0.15) is 117 Å². The van der Waals surface area contributed by atoms with Crippen LogP contribution in [0.15, 0.2) is 12.2 Å². The molecule has 0 spiro atoms. The maximum absolute atomic E-state index is 11.9. The van der Waals surface area contributed by atoms with Gasteiger partial charge in [-0.15, -0.1) is 0 Å². The molecule has 0 aliphatic rings. The Morgan fingerprint density at radius 3 is 1.75 bits per heavy atom. The van der Waals surface area contributed by atoms with Crippen LogP contribution in [0, 0.1) is 0 Å². The van der Waals surface area contributed by atoms with Gasteiger partial charge >= 0.3 is 0 Å². The van der Waals surface area contributed by atoms with Crippen LogP contribution >= 0.6 is 0 Å². The molecule has 0 atom stereocenters. The third kappa shape index (κ3) is 24.9. The lowest BCUT2D eigenvalue weighted by Crippen LogP contribution is -2.30. The second kappa shape index (κ2) is 24.3. The minimum absolute atomic E-state index is 0.0293. The molecule has 0 aromatic carbocycles. The topological polar surface area (TPSA) is 61.4 Å². The van der Waals surface area contributed by atoms with Gasteiger partial charge in [-0.1, -0.05) is 70.4 Å². The van der Waals surface area contributed by atoms with Crippen molar-refractivity contribution in [2.24, 2.45) is 0 Å². The molecule has 0 fully saturated rings. The SMILES string of the molecule is CCCCCCCCC=CCCCCCCCC(=O)NCCCN(C)CCCNC(C)=O.